The first kappa shape index (κ1) is 17.1. The minimum absolute atomic E-state index is 0.306. The molecule has 0 spiro atoms. The largest absolute Gasteiger partial charge is 0.371 e. The fourth-order valence-corrected chi connectivity index (χ4v) is 4.02. The fourth-order valence-electron chi connectivity index (χ4n) is 4.02. The zero-order valence-electron chi connectivity index (χ0n) is 15.2. The molecule has 1 aromatic carbocycles. The highest BCUT2D eigenvalue weighted by Gasteiger charge is 2.29. The molecule has 0 amide bonds. The van der Waals surface area contributed by atoms with Crippen LogP contribution in [0.2, 0.25) is 0 Å². The van der Waals surface area contributed by atoms with E-state index in [1.165, 1.54) is 24.1 Å². The summed E-state index contributed by atoms with van der Waals surface area (Å²) < 4.78 is 0. The Hall–Kier alpha value is -2.34. The van der Waals surface area contributed by atoms with E-state index in [0.717, 1.165) is 50.4 Å². The SMILES string of the molecule is Nc1nc(NCCCN2CCCc3ccccc32)cc(C2CC(N)C2)n1. The summed E-state index contributed by atoms with van der Waals surface area (Å²) in [4.78, 5) is 11.2. The van der Waals surface area contributed by atoms with Gasteiger partial charge in [-0.05, 0) is 43.7 Å². The molecule has 1 aromatic heterocycles. The lowest BCUT2D eigenvalue weighted by Gasteiger charge is -2.32. The Morgan fingerprint density at radius 2 is 2.04 bits per heavy atom. The van der Waals surface area contributed by atoms with E-state index in [0.29, 0.717) is 17.9 Å². The van der Waals surface area contributed by atoms with Gasteiger partial charge in [0.1, 0.15) is 5.82 Å². The minimum Gasteiger partial charge on any atom is -0.371 e. The van der Waals surface area contributed by atoms with E-state index in [1.54, 1.807) is 0 Å². The van der Waals surface area contributed by atoms with Crippen molar-refractivity contribution in [2.45, 2.75) is 44.1 Å². The number of fused-ring (bicyclic) bond motifs is 1. The molecule has 0 unspecified atom stereocenters. The molecule has 0 saturated heterocycles. The third kappa shape index (κ3) is 3.75. The minimum atomic E-state index is 0.306. The van der Waals surface area contributed by atoms with Gasteiger partial charge in [-0.25, -0.2) is 4.98 Å². The topological polar surface area (TPSA) is 93.1 Å². The predicted octanol–water partition coefficient (Wildman–Crippen LogP) is 2.52. The van der Waals surface area contributed by atoms with Crippen molar-refractivity contribution in [3.05, 3.63) is 41.6 Å². The van der Waals surface area contributed by atoms with Gasteiger partial charge in [0, 0.05) is 43.3 Å². The third-order valence-electron chi connectivity index (χ3n) is 5.47. The summed E-state index contributed by atoms with van der Waals surface area (Å²) in [7, 11) is 0. The number of nitrogens with zero attached hydrogens (tertiary/aromatic N) is 3. The van der Waals surface area contributed by atoms with E-state index >= 15 is 0 Å². The second-order valence-electron chi connectivity index (χ2n) is 7.46. The van der Waals surface area contributed by atoms with Gasteiger partial charge in [-0.1, -0.05) is 18.2 Å². The Balaban J connectivity index is 1.30. The van der Waals surface area contributed by atoms with Crippen LogP contribution in [-0.2, 0) is 6.42 Å². The number of nitrogens with one attached hydrogen (secondary N) is 1. The van der Waals surface area contributed by atoms with Gasteiger partial charge in [0.2, 0.25) is 5.95 Å². The molecule has 0 atom stereocenters. The molecule has 1 aliphatic carbocycles. The number of rotatable bonds is 6. The normalized spacial score (nSPS) is 21.8. The van der Waals surface area contributed by atoms with Gasteiger partial charge in [-0.3, -0.25) is 0 Å². The van der Waals surface area contributed by atoms with Crippen molar-refractivity contribution in [2.24, 2.45) is 5.73 Å². The Morgan fingerprint density at radius 3 is 2.88 bits per heavy atom. The molecule has 4 rings (SSSR count). The molecular formula is C20H28N6. The van der Waals surface area contributed by atoms with Crippen LogP contribution in [0, 0.1) is 0 Å². The second-order valence-corrected chi connectivity index (χ2v) is 7.46. The summed E-state index contributed by atoms with van der Waals surface area (Å²) in [5.41, 5.74) is 15.7. The maximum absolute atomic E-state index is 5.89. The Bertz CT molecular complexity index is 756. The molecule has 1 aliphatic heterocycles. The molecule has 1 saturated carbocycles. The van der Waals surface area contributed by atoms with E-state index in [-0.39, 0.29) is 0 Å². The van der Waals surface area contributed by atoms with Gasteiger partial charge < -0.3 is 21.7 Å². The monoisotopic (exact) mass is 352 g/mol. The van der Waals surface area contributed by atoms with Crippen LogP contribution in [0.3, 0.4) is 0 Å². The zero-order chi connectivity index (χ0) is 17.9. The van der Waals surface area contributed by atoms with E-state index in [9.17, 15) is 0 Å². The molecule has 26 heavy (non-hydrogen) atoms. The van der Waals surface area contributed by atoms with Crippen LogP contribution in [0.25, 0.3) is 0 Å². The quantitative estimate of drug-likeness (QED) is 0.692. The van der Waals surface area contributed by atoms with Crippen molar-refractivity contribution in [3.63, 3.8) is 0 Å². The molecule has 2 aromatic rings. The van der Waals surface area contributed by atoms with Gasteiger partial charge >= 0.3 is 0 Å². The number of aromatic nitrogens is 2. The molecule has 0 bridgehead atoms. The molecule has 2 aliphatic rings. The first-order valence-electron chi connectivity index (χ1n) is 9.66. The van der Waals surface area contributed by atoms with Crippen molar-refractivity contribution in [3.8, 4) is 0 Å². The standard InChI is InChI=1S/C20H28N6/c21-16-11-15(12-16)17-13-19(25-20(22)24-17)23-8-4-10-26-9-3-6-14-5-1-2-7-18(14)26/h1-2,5,7,13,15-16H,3-4,6,8-12,21H2,(H3,22,23,24,25). The zero-order valence-corrected chi connectivity index (χ0v) is 15.2. The number of benzene rings is 1. The van der Waals surface area contributed by atoms with Crippen molar-refractivity contribution in [1.82, 2.24) is 9.97 Å². The number of nitrogen functional groups attached to an aromatic ring is 1. The van der Waals surface area contributed by atoms with Crippen LogP contribution in [0.5, 0.6) is 0 Å². The second kappa shape index (κ2) is 7.50. The van der Waals surface area contributed by atoms with Crippen LogP contribution in [0.15, 0.2) is 30.3 Å². The highest BCUT2D eigenvalue weighted by atomic mass is 15.1. The molecule has 138 valence electrons. The summed E-state index contributed by atoms with van der Waals surface area (Å²) in [5, 5.41) is 3.41. The van der Waals surface area contributed by atoms with Crippen LogP contribution >= 0.6 is 0 Å². The first-order chi connectivity index (χ1) is 12.7. The number of hydrogen-bond acceptors (Lipinski definition) is 6. The molecule has 5 N–H and O–H groups in total. The number of para-hydroxylation sites is 1. The highest BCUT2D eigenvalue weighted by molar-refractivity contribution is 5.55. The van der Waals surface area contributed by atoms with Crippen molar-refractivity contribution >= 4 is 17.5 Å². The maximum atomic E-state index is 5.89. The summed E-state index contributed by atoms with van der Waals surface area (Å²) in [6.07, 6.45) is 5.47. The van der Waals surface area contributed by atoms with Gasteiger partial charge in [0.05, 0.1) is 5.69 Å². The molecule has 0 radical (unpaired) electrons. The summed E-state index contributed by atoms with van der Waals surface area (Å²) in [5.74, 6) is 1.60. The lowest BCUT2D eigenvalue weighted by atomic mass is 9.78. The highest BCUT2D eigenvalue weighted by Crippen LogP contribution is 2.35. The Morgan fingerprint density at radius 1 is 1.19 bits per heavy atom. The lowest BCUT2D eigenvalue weighted by Crippen LogP contribution is -2.35. The van der Waals surface area contributed by atoms with Gasteiger partial charge in [-0.2, -0.15) is 4.98 Å². The number of hydrogen-bond donors (Lipinski definition) is 3. The van der Waals surface area contributed by atoms with Crippen LogP contribution in [0.4, 0.5) is 17.5 Å². The van der Waals surface area contributed by atoms with E-state index in [2.05, 4.69) is 44.5 Å². The van der Waals surface area contributed by atoms with Gasteiger partial charge in [0.25, 0.3) is 0 Å². The van der Waals surface area contributed by atoms with Crippen LogP contribution < -0.4 is 21.7 Å². The average Bonchev–Trinajstić information content (AvgIpc) is 2.62. The smallest absolute Gasteiger partial charge is 0.222 e. The number of aryl methyl sites for hydroxylation is 1. The summed E-state index contributed by atoms with van der Waals surface area (Å²) in [6, 6.07) is 11.1. The maximum Gasteiger partial charge on any atom is 0.222 e. The van der Waals surface area contributed by atoms with Gasteiger partial charge in [-0.15, -0.1) is 0 Å². The van der Waals surface area contributed by atoms with Crippen molar-refractivity contribution in [1.29, 1.82) is 0 Å². The van der Waals surface area contributed by atoms with Crippen molar-refractivity contribution in [2.75, 3.05) is 35.6 Å². The molecule has 1 fully saturated rings. The lowest BCUT2D eigenvalue weighted by molar-refractivity contribution is 0.345. The van der Waals surface area contributed by atoms with Crippen LogP contribution in [-0.4, -0.2) is 35.6 Å². The molecule has 2 heterocycles. The Labute approximate surface area is 155 Å². The Kier molecular flexibility index (Phi) is 4.93. The number of nitrogens with two attached hydrogens (primary N) is 2. The van der Waals surface area contributed by atoms with Crippen molar-refractivity contribution < 1.29 is 0 Å². The predicted molar refractivity (Wildman–Crippen MR) is 106 cm³/mol. The average molecular weight is 352 g/mol. The van der Waals surface area contributed by atoms with E-state index in [4.69, 9.17) is 11.5 Å². The van der Waals surface area contributed by atoms with E-state index < -0.39 is 0 Å². The molecule has 6 heteroatoms. The number of anilines is 3. The van der Waals surface area contributed by atoms with Gasteiger partial charge in [0.15, 0.2) is 0 Å². The summed E-state index contributed by atoms with van der Waals surface area (Å²) >= 11 is 0. The van der Waals surface area contributed by atoms with Crippen LogP contribution in [0.1, 0.15) is 42.9 Å². The fraction of sp³-hybridized carbons (Fsp3) is 0.500. The third-order valence-corrected chi connectivity index (χ3v) is 5.47. The first-order valence-corrected chi connectivity index (χ1v) is 9.66. The molecular weight excluding hydrogens is 324 g/mol. The van der Waals surface area contributed by atoms with E-state index in [1.807, 2.05) is 6.07 Å². The molecule has 6 nitrogen and oxygen atoms in total. The summed E-state index contributed by atoms with van der Waals surface area (Å²) in [6.45, 7) is 3.07.